The number of likely N-dealkylation sites (N-methyl/N-ethyl adjacent to an activating group) is 2. The van der Waals surface area contributed by atoms with E-state index in [-0.39, 0.29) is 22.8 Å². The average molecular weight is 633 g/mol. The first-order valence-corrected chi connectivity index (χ1v) is 20.4. The van der Waals surface area contributed by atoms with Gasteiger partial charge in [0.1, 0.15) is 11.8 Å². The van der Waals surface area contributed by atoms with Crippen molar-refractivity contribution in [1.29, 1.82) is 0 Å². The Morgan fingerprint density at radius 2 is 1.73 bits per heavy atom. The van der Waals surface area contributed by atoms with Crippen LogP contribution in [0.4, 0.5) is 4.79 Å². The summed E-state index contributed by atoms with van der Waals surface area (Å²) >= 11 is 0. The Labute approximate surface area is 269 Å². The van der Waals surface area contributed by atoms with Crippen LogP contribution in [0.1, 0.15) is 136 Å². The van der Waals surface area contributed by atoms with Crippen LogP contribution in [0.5, 0.6) is 0 Å². The fraction of sp³-hybridized carbons (Fsp3) is 0.886. The molecule has 0 radical (unpaired) electrons. The summed E-state index contributed by atoms with van der Waals surface area (Å²) in [6, 6.07) is 0. The fourth-order valence-corrected chi connectivity index (χ4v) is 8.66. The molecule has 1 aromatic rings. The number of carbonyl (C=O) groups is 1. The second-order valence-electron chi connectivity index (χ2n) is 16.7. The lowest BCUT2D eigenvalue weighted by molar-refractivity contribution is -0.0420. The lowest BCUT2D eigenvalue weighted by atomic mass is 9.60. The topological polar surface area (TPSA) is 69.1 Å². The Kier molecular flexibility index (Phi) is 11.4. The van der Waals surface area contributed by atoms with Crippen LogP contribution < -0.4 is 0 Å². The van der Waals surface area contributed by atoms with Gasteiger partial charge in [-0.1, -0.05) is 40.0 Å². The number of hydrogen-bond acceptors (Lipinski definition) is 6. The summed E-state index contributed by atoms with van der Waals surface area (Å²) < 4.78 is 21.2. The van der Waals surface area contributed by atoms with Gasteiger partial charge in [0.15, 0.2) is 8.32 Å². The molecule has 1 saturated heterocycles. The van der Waals surface area contributed by atoms with Crippen molar-refractivity contribution in [1.82, 2.24) is 19.6 Å². The number of nitrogens with zero attached hydrogens (tertiary/aromatic N) is 4. The van der Waals surface area contributed by atoms with Crippen molar-refractivity contribution in [3.05, 3.63) is 17.5 Å². The summed E-state index contributed by atoms with van der Waals surface area (Å²) in [4.78, 5) is 16.5. The zero-order valence-electron chi connectivity index (χ0n) is 29.8. The molecule has 0 N–H and O–H groups in total. The molecule has 2 saturated carbocycles. The Morgan fingerprint density at radius 1 is 1.02 bits per heavy atom. The van der Waals surface area contributed by atoms with Gasteiger partial charge in [0.05, 0.1) is 11.8 Å². The van der Waals surface area contributed by atoms with Crippen molar-refractivity contribution in [2.75, 3.05) is 33.8 Å². The van der Waals surface area contributed by atoms with Gasteiger partial charge in [-0.25, -0.2) is 9.48 Å². The van der Waals surface area contributed by atoms with Gasteiger partial charge in [-0.2, -0.15) is 5.10 Å². The third-order valence-corrected chi connectivity index (χ3v) is 15.3. The van der Waals surface area contributed by atoms with Gasteiger partial charge in [-0.05, 0) is 103 Å². The van der Waals surface area contributed by atoms with Crippen LogP contribution in [0, 0.1) is 5.41 Å². The van der Waals surface area contributed by atoms with E-state index in [2.05, 4.69) is 56.7 Å². The molecule has 4 rings (SSSR count). The average Bonchev–Trinajstić information content (AvgIpc) is 3.36. The molecule has 1 unspecified atom stereocenters. The van der Waals surface area contributed by atoms with Gasteiger partial charge in [0.2, 0.25) is 0 Å². The van der Waals surface area contributed by atoms with E-state index < -0.39 is 13.9 Å². The van der Waals surface area contributed by atoms with Crippen LogP contribution >= 0.6 is 0 Å². The van der Waals surface area contributed by atoms with Crippen LogP contribution in [0.2, 0.25) is 18.1 Å². The molecule has 3 aliphatic rings. The molecule has 8 nitrogen and oxygen atoms in total. The molecule has 1 amide bonds. The lowest BCUT2D eigenvalue weighted by Crippen LogP contribution is -2.52. The summed E-state index contributed by atoms with van der Waals surface area (Å²) in [5, 5.41) is 5.56. The fourth-order valence-electron chi connectivity index (χ4n) is 7.23. The van der Waals surface area contributed by atoms with E-state index in [0.29, 0.717) is 18.6 Å². The van der Waals surface area contributed by atoms with E-state index in [4.69, 9.17) is 19.0 Å². The lowest BCUT2D eigenvalue weighted by Gasteiger charge is -2.52. The number of ether oxygens (including phenoxy) is 2. The van der Waals surface area contributed by atoms with E-state index in [1.807, 2.05) is 27.8 Å². The Balaban J connectivity index is 1.53. The maximum absolute atomic E-state index is 12.5. The monoisotopic (exact) mass is 632 g/mol. The summed E-state index contributed by atoms with van der Waals surface area (Å²) in [6.07, 6.45) is 15.7. The number of rotatable bonds is 9. The summed E-state index contributed by atoms with van der Waals surface area (Å²) in [5.74, 6) is 0.435. The third-order valence-electron chi connectivity index (χ3n) is 10.8. The predicted molar refractivity (Wildman–Crippen MR) is 180 cm³/mol. The van der Waals surface area contributed by atoms with E-state index in [1.165, 1.54) is 56.2 Å². The highest BCUT2D eigenvalue weighted by molar-refractivity contribution is 6.74. The SMILES string of the molecule is CN(CCN(C)C(=O)OC(C)(C)C)Cc1cn(C2CCCCO2)nc1[C@H]1CC[C@@H](O[Si](C)(C)C(C)(C)C)C2(CCCCC2)C1. The maximum atomic E-state index is 12.5. The van der Waals surface area contributed by atoms with Crippen molar-refractivity contribution >= 4 is 14.4 Å². The van der Waals surface area contributed by atoms with E-state index >= 15 is 0 Å². The minimum atomic E-state index is -1.87. The molecule has 2 aliphatic carbocycles. The summed E-state index contributed by atoms with van der Waals surface area (Å²) in [7, 11) is 2.09. The standard InChI is InChI=1S/C35H64N4O4Si/c1-33(2,3)42-32(40)38(8)22-21-37(7)25-28-26-39(30-16-12-15-23-41-30)36-31(28)27-17-18-29(43-44(9,10)34(4,5)6)35(24-27)19-13-11-14-20-35/h26-27,29-30H,11-25H2,1-10H3/t27-,29+,30?/m0/s1. The second-order valence-corrected chi connectivity index (χ2v) is 21.5. The number of aromatic nitrogens is 2. The van der Waals surface area contributed by atoms with Gasteiger partial charge < -0.3 is 23.7 Å². The number of carbonyl (C=O) groups excluding carboxylic acids is 1. The van der Waals surface area contributed by atoms with Gasteiger partial charge in [0.25, 0.3) is 0 Å². The Morgan fingerprint density at radius 3 is 2.34 bits per heavy atom. The van der Waals surface area contributed by atoms with E-state index in [1.54, 1.807) is 4.90 Å². The van der Waals surface area contributed by atoms with E-state index in [9.17, 15) is 4.79 Å². The quantitative estimate of drug-likeness (QED) is 0.254. The van der Waals surface area contributed by atoms with Crippen LogP contribution in [0.25, 0.3) is 0 Å². The van der Waals surface area contributed by atoms with Crippen molar-refractivity contribution in [2.45, 2.75) is 161 Å². The predicted octanol–water partition coefficient (Wildman–Crippen LogP) is 8.49. The first-order valence-electron chi connectivity index (χ1n) is 17.5. The molecule has 1 aromatic heterocycles. The molecule has 1 aliphatic heterocycles. The maximum Gasteiger partial charge on any atom is 0.410 e. The van der Waals surface area contributed by atoms with Crippen molar-refractivity contribution in [2.24, 2.45) is 5.41 Å². The van der Waals surface area contributed by atoms with Crippen LogP contribution in [0.3, 0.4) is 0 Å². The normalized spacial score (nSPS) is 24.9. The summed E-state index contributed by atoms with van der Waals surface area (Å²) in [6.45, 7) is 20.7. The Hall–Kier alpha value is -1.42. The first kappa shape index (κ1) is 35.4. The van der Waals surface area contributed by atoms with Gasteiger partial charge in [-0.15, -0.1) is 0 Å². The van der Waals surface area contributed by atoms with Gasteiger partial charge >= 0.3 is 6.09 Å². The third kappa shape index (κ3) is 8.89. The smallest absolute Gasteiger partial charge is 0.410 e. The molecule has 252 valence electrons. The first-order chi connectivity index (χ1) is 20.5. The highest BCUT2D eigenvalue weighted by Crippen LogP contribution is 2.55. The Bertz CT molecular complexity index is 1080. The molecule has 3 fully saturated rings. The van der Waals surface area contributed by atoms with Crippen molar-refractivity contribution < 1.29 is 18.7 Å². The molecule has 0 bridgehead atoms. The van der Waals surface area contributed by atoms with E-state index in [0.717, 1.165) is 45.4 Å². The number of amides is 1. The van der Waals surface area contributed by atoms with Crippen molar-refractivity contribution in [3.8, 4) is 0 Å². The number of hydrogen-bond donors (Lipinski definition) is 0. The molecular formula is C35H64N4O4Si. The molecule has 0 aromatic carbocycles. The minimum Gasteiger partial charge on any atom is -0.444 e. The minimum absolute atomic E-state index is 0.0294. The van der Waals surface area contributed by atoms with Crippen LogP contribution in [0.15, 0.2) is 6.20 Å². The molecular weight excluding hydrogens is 568 g/mol. The molecule has 44 heavy (non-hydrogen) atoms. The molecule has 1 spiro atoms. The molecule has 2 heterocycles. The summed E-state index contributed by atoms with van der Waals surface area (Å²) in [5.41, 5.74) is 2.33. The van der Waals surface area contributed by atoms with Crippen molar-refractivity contribution in [3.63, 3.8) is 0 Å². The molecule has 9 heteroatoms. The zero-order chi connectivity index (χ0) is 32.3. The van der Waals surface area contributed by atoms with Crippen LogP contribution in [-0.4, -0.2) is 79.5 Å². The highest BCUT2D eigenvalue weighted by Gasteiger charge is 2.50. The van der Waals surface area contributed by atoms with Gasteiger partial charge in [-0.3, -0.25) is 0 Å². The van der Waals surface area contributed by atoms with Gasteiger partial charge in [0, 0.05) is 51.0 Å². The zero-order valence-corrected chi connectivity index (χ0v) is 30.8. The second kappa shape index (κ2) is 14.1. The largest absolute Gasteiger partial charge is 0.444 e. The highest BCUT2D eigenvalue weighted by atomic mass is 28.4. The molecule has 3 atom stereocenters. The van der Waals surface area contributed by atoms with Crippen LogP contribution in [-0.2, 0) is 20.4 Å².